The molecule has 3 rings (SSSR count). The van der Waals surface area contributed by atoms with E-state index in [9.17, 15) is 14.4 Å². The highest BCUT2D eigenvalue weighted by Gasteiger charge is 2.39. The molecule has 3 atom stereocenters. The third kappa shape index (κ3) is 7.71. The van der Waals surface area contributed by atoms with Gasteiger partial charge >= 0.3 is 6.09 Å². The Balaban J connectivity index is 1.83. The Morgan fingerprint density at radius 2 is 1.79 bits per heavy atom. The van der Waals surface area contributed by atoms with Crippen LogP contribution in [0.15, 0.2) is 30.9 Å². The van der Waals surface area contributed by atoms with Crippen LogP contribution in [0.1, 0.15) is 85.5 Å². The molecule has 0 saturated carbocycles. The number of alkyl carbamates (subject to hydrolysis) is 1. The van der Waals surface area contributed by atoms with E-state index in [1.807, 2.05) is 48.4 Å². The predicted octanol–water partition coefficient (Wildman–Crippen LogP) is 4.66. The van der Waals surface area contributed by atoms with Crippen molar-refractivity contribution in [1.29, 1.82) is 0 Å². The quantitative estimate of drug-likeness (QED) is 0.589. The zero-order valence-electron chi connectivity index (χ0n) is 24.4. The van der Waals surface area contributed by atoms with Gasteiger partial charge in [-0.15, -0.1) is 0 Å². The zero-order valence-corrected chi connectivity index (χ0v) is 24.4. The topological polar surface area (TPSA) is 105 Å². The lowest BCUT2D eigenvalue weighted by Gasteiger charge is -2.42. The van der Waals surface area contributed by atoms with Gasteiger partial charge in [-0.05, 0) is 62.5 Å². The van der Waals surface area contributed by atoms with Crippen LogP contribution in [0.25, 0.3) is 5.52 Å². The van der Waals surface area contributed by atoms with Crippen molar-refractivity contribution in [2.75, 3.05) is 13.1 Å². The van der Waals surface area contributed by atoms with E-state index in [-0.39, 0.29) is 29.2 Å². The average molecular weight is 528 g/mol. The molecular weight excluding hydrogens is 482 g/mol. The van der Waals surface area contributed by atoms with Crippen LogP contribution in [-0.4, -0.2) is 63.0 Å². The fraction of sp³-hybridized carbons (Fsp3) is 0.655. The van der Waals surface area contributed by atoms with Gasteiger partial charge in [0.25, 0.3) is 5.91 Å². The molecule has 0 radical (unpaired) electrons. The van der Waals surface area contributed by atoms with E-state index in [2.05, 4.69) is 36.4 Å². The summed E-state index contributed by atoms with van der Waals surface area (Å²) in [5.74, 6) is -0.167. The van der Waals surface area contributed by atoms with Crippen molar-refractivity contribution in [1.82, 2.24) is 24.9 Å². The summed E-state index contributed by atoms with van der Waals surface area (Å²) in [6.45, 7) is 18.6. The second kappa shape index (κ2) is 10.9. The minimum atomic E-state index is -0.806. The summed E-state index contributed by atoms with van der Waals surface area (Å²) in [5, 5.41) is 5.99. The van der Waals surface area contributed by atoms with Gasteiger partial charge in [0.2, 0.25) is 5.91 Å². The van der Waals surface area contributed by atoms with Crippen molar-refractivity contribution in [3.8, 4) is 0 Å². The number of carbonyl (C=O) groups is 3. The van der Waals surface area contributed by atoms with Crippen LogP contribution >= 0.6 is 0 Å². The minimum Gasteiger partial charge on any atom is -0.444 e. The van der Waals surface area contributed by atoms with Gasteiger partial charge in [0.15, 0.2) is 0 Å². The van der Waals surface area contributed by atoms with Gasteiger partial charge in [-0.25, -0.2) is 9.78 Å². The Bertz CT molecular complexity index is 1150. The number of rotatable bonds is 5. The van der Waals surface area contributed by atoms with Crippen molar-refractivity contribution in [2.24, 2.45) is 16.7 Å². The molecule has 0 bridgehead atoms. The monoisotopic (exact) mass is 527 g/mol. The maximum Gasteiger partial charge on any atom is 0.408 e. The van der Waals surface area contributed by atoms with E-state index in [0.29, 0.717) is 18.7 Å². The smallest absolute Gasteiger partial charge is 0.408 e. The first-order valence-electron chi connectivity index (χ1n) is 13.4. The highest BCUT2D eigenvalue weighted by molar-refractivity contribution is 6.00. The zero-order chi connectivity index (χ0) is 28.5. The lowest BCUT2D eigenvalue weighted by Crippen LogP contribution is -2.60. The van der Waals surface area contributed by atoms with Crippen molar-refractivity contribution < 1.29 is 19.1 Å². The average Bonchev–Trinajstić information content (AvgIpc) is 3.24. The van der Waals surface area contributed by atoms with Gasteiger partial charge in [0, 0.05) is 25.3 Å². The van der Waals surface area contributed by atoms with E-state index < -0.39 is 23.2 Å². The van der Waals surface area contributed by atoms with Crippen molar-refractivity contribution in [3.05, 3.63) is 36.4 Å². The number of nitrogens with zero attached hydrogens (tertiary/aromatic N) is 3. The summed E-state index contributed by atoms with van der Waals surface area (Å²) in [7, 11) is 0. The van der Waals surface area contributed by atoms with Crippen molar-refractivity contribution >= 4 is 23.4 Å². The molecule has 1 aliphatic rings. The highest BCUT2D eigenvalue weighted by atomic mass is 16.6. The standard InChI is InChI=1S/C29H45N5O4/c1-27(2,3)15-19-12-14-33(25(36)20-11-10-13-34-18-30-16-22(20)34)17-21(19)31-24(35)23(28(4,5)6)32-26(37)38-29(7,8)9/h10-11,13,16,18-19,21,23H,12,14-15,17H2,1-9H3,(H,31,35)(H,32,37)/t19-,21+,23+/m0/s1. The minimum absolute atomic E-state index is 0.0568. The number of ether oxygens (including phenoxy) is 1. The maximum absolute atomic E-state index is 13.7. The molecule has 2 aromatic heterocycles. The molecule has 210 valence electrons. The van der Waals surface area contributed by atoms with Gasteiger partial charge in [-0.3, -0.25) is 9.59 Å². The van der Waals surface area contributed by atoms with E-state index in [4.69, 9.17) is 4.74 Å². The molecule has 0 spiro atoms. The van der Waals surface area contributed by atoms with E-state index in [1.54, 1.807) is 33.3 Å². The number of hydrogen-bond acceptors (Lipinski definition) is 5. The summed E-state index contributed by atoms with van der Waals surface area (Å²) in [6.07, 6.45) is 6.27. The molecule has 3 amide bonds. The van der Waals surface area contributed by atoms with Gasteiger partial charge in [-0.1, -0.05) is 41.5 Å². The summed E-state index contributed by atoms with van der Waals surface area (Å²) < 4.78 is 7.25. The molecule has 3 heterocycles. The van der Waals surface area contributed by atoms with Gasteiger partial charge in [0.1, 0.15) is 11.6 Å². The Morgan fingerprint density at radius 3 is 2.39 bits per heavy atom. The number of fused-ring (bicyclic) bond motifs is 1. The Morgan fingerprint density at radius 1 is 1.11 bits per heavy atom. The van der Waals surface area contributed by atoms with Crippen LogP contribution in [-0.2, 0) is 9.53 Å². The highest BCUT2D eigenvalue weighted by Crippen LogP contribution is 2.32. The number of piperidine rings is 1. The number of nitrogens with one attached hydrogen (secondary N) is 2. The summed E-state index contributed by atoms with van der Waals surface area (Å²) >= 11 is 0. The Kier molecular flexibility index (Phi) is 8.48. The number of likely N-dealkylation sites (tertiary alicyclic amines) is 1. The molecule has 0 aromatic carbocycles. The second-order valence-corrected chi connectivity index (χ2v) is 13.7. The van der Waals surface area contributed by atoms with Gasteiger partial charge < -0.3 is 24.7 Å². The van der Waals surface area contributed by atoms with Crippen LogP contribution < -0.4 is 10.6 Å². The largest absolute Gasteiger partial charge is 0.444 e. The molecule has 0 unspecified atom stereocenters. The fourth-order valence-corrected chi connectivity index (χ4v) is 5.05. The normalized spacial score (nSPS) is 19.7. The molecule has 38 heavy (non-hydrogen) atoms. The lowest BCUT2D eigenvalue weighted by atomic mass is 9.77. The number of aromatic nitrogens is 2. The van der Waals surface area contributed by atoms with Gasteiger partial charge in [-0.2, -0.15) is 0 Å². The van der Waals surface area contributed by atoms with Crippen molar-refractivity contribution in [2.45, 2.75) is 92.8 Å². The van der Waals surface area contributed by atoms with Crippen molar-refractivity contribution in [3.63, 3.8) is 0 Å². The number of pyridine rings is 1. The Labute approximate surface area is 226 Å². The molecule has 2 aromatic rings. The van der Waals surface area contributed by atoms with Crippen LogP contribution in [0.2, 0.25) is 0 Å². The molecular formula is C29H45N5O4. The predicted molar refractivity (Wildman–Crippen MR) is 148 cm³/mol. The summed E-state index contributed by atoms with van der Waals surface area (Å²) in [4.78, 5) is 45.8. The number of amides is 3. The number of hydrogen-bond donors (Lipinski definition) is 2. The molecule has 9 heteroatoms. The number of carbonyl (C=O) groups excluding carboxylic acids is 3. The SMILES string of the molecule is CC(C)(C)C[C@@H]1CCN(C(=O)c2cccn3cncc23)C[C@H]1NC(=O)[C@@H](NC(=O)OC(C)(C)C)C(C)(C)C. The molecule has 1 fully saturated rings. The Hall–Kier alpha value is -3.10. The first-order valence-corrected chi connectivity index (χ1v) is 13.4. The third-order valence-corrected chi connectivity index (χ3v) is 6.72. The maximum atomic E-state index is 13.7. The summed E-state index contributed by atoms with van der Waals surface area (Å²) in [5.41, 5.74) is 0.167. The van der Waals surface area contributed by atoms with Crippen LogP contribution in [0.4, 0.5) is 4.79 Å². The first-order chi connectivity index (χ1) is 17.4. The molecule has 2 N–H and O–H groups in total. The lowest BCUT2D eigenvalue weighted by molar-refractivity contribution is -0.127. The van der Waals surface area contributed by atoms with E-state index in [1.165, 1.54) is 0 Å². The molecule has 1 aliphatic heterocycles. The second-order valence-electron chi connectivity index (χ2n) is 13.7. The van der Waals surface area contributed by atoms with Crippen LogP contribution in [0.5, 0.6) is 0 Å². The molecule has 9 nitrogen and oxygen atoms in total. The number of imidazole rings is 1. The molecule has 0 aliphatic carbocycles. The van der Waals surface area contributed by atoms with Crippen LogP contribution in [0.3, 0.4) is 0 Å². The first kappa shape index (κ1) is 29.5. The third-order valence-electron chi connectivity index (χ3n) is 6.72. The summed E-state index contributed by atoms with van der Waals surface area (Å²) in [6, 6.07) is 2.59. The van der Waals surface area contributed by atoms with Gasteiger partial charge in [0.05, 0.1) is 23.6 Å². The van der Waals surface area contributed by atoms with Crippen LogP contribution in [0, 0.1) is 16.7 Å². The van der Waals surface area contributed by atoms with E-state index >= 15 is 0 Å². The fourth-order valence-electron chi connectivity index (χ4n) is 5.05. The van der Waals surface area contributed by atoms with E-state index in [0.717, 1.165) is 18.4 Å². The molecule has 1 saturated heterocycles.